The summed E-state index contributed by atoms with van der Waals surface area (Å²) in [6.45, 7) is 5.21. The zero-order valence-electron chi connectivity index (χ0n) is 34.4. The lowest BCUT2D eigenvalue weighted by molar-refractivity contribution is -0.190. The molecule has 9 rings (SSSR count). The number of benzene rings is 4. The van der Waals surface area contributed by atoms with Gasteiger partial charge in [-0.3, -0.25) is 4.79 Å². The average molecular weight is 803 g/mol. The lowest BCUT2D eigenvalue weighted by atomic mass is 9.67. The standard InChI is InChI=1S/C52H50O8/c1-31(2)40-18-15-33-16-19-41-37(25-33)13-7-8-23-52(3)50(59-51(40)56)49(47-44(60-52)22-21-43-39(30-53)29-46(55)57-48(43)47)58-45(54)28-38-27-36(17-20-42(38)41)35-14-9-12-34(26-35)24-32-10-5-4-6-11-32/h4-6,9-12,14,16,19,21-22,25-26,29,36,38,42,49-50,53H,13,15,17-18,20,23-24,27-28,30H2,1-3H3/t36-,38-,42-,49+,50-,52-/m0/s1. The lowest BCUT2D eigenvalue weighted by Crippen LogP contribution is -2.54. The molecular weight excluding hydrogens is 753 g/mol. The van der Waals surface area contributed by atoms with E-state index in [9.17, 15) is 19.5 Å². The van der Waals surface area contributed by atoms with Crippen molar-refractivity contribution in [1.82, 2.24) is 0 Å². The smallest absolute Gasteiger partial charge is 0.336 e. The molecular formula is C52H50O8. The molecule has 6 atom stereocenters. The third-order valence-electron chi connectivity index (χ3n) is 13.2. The molecule has 0 unspecified atom stereocenters. The number of ether oxygens (including phenoxy) is 3. The fourth-order valence-corrected chi connectivity index (χ4v) is 10.1. The Balaban J connectivity index is 1.18. The highest BCUT2D eigenvalue weighted by atomic mass is 16.6. The Hall–Kier alpha value is -5.91. The van der Waals surface area contributed by atoms with Crippen LogP contribution in [0.4, 0.5) is 0 Å². The molecule has 3 aliphatic heterocycles. The molecule has 5 aromatic rings. The number of fused-ring (bicyclic) bond motifs is 9. The summed E-state index contributed by atoms with van der Waals surface area (Å²) in [5.74, 6) is 6.43. The first-order chi connectivity index (χ1) is 29.1. The zero-order valence-corrected chi connectivity index (χ0v) is 34.4. The molecule has 1 saturated carbocycles. The van der Waals surface area contributed by atoms with Crippen LogP contribution in [0.25, 0.3) is 11.0 Å². The fourth-order valence-electron chi connectivity index (χ4n) is 10.1. The van der Waals surface area contributed by atoms with Crippen molar-refractivity contribution in [2.24, 2.45) is 5.92 Å². The number of allylic oxidation sites excluding steroid dienone is 1. The number of carbonyl (C=O) groups excluding carboxylic acids is 2. The van der Waals surface area contributed by atoms with Crippen LogP contribution in [0.15, 0.2) is 111 Å². The topological polar surface area (TPSA) is 112 Å². The van der Waals surface area contributed by atoms with Crippen LogP contribution >= 0.6 is 0 Å². The van der Waals surface area contributed by atoms with Crippen molar-refractivity contribution in [3.05, 3.63) is 157 Å². The number of aryl methyl sites for hydroxylation is 1. The molecule has 0 amide bonds. The number of hydrogen-bond acceptors (Lipinski definition) is 8. The predicted molar refractivity (Wildman–Crippen MR) is 229 cm³/mol. The highest BCUT2D eigenvalue weighted by Crippen LogP contribution is 2.51. The number of hydrogen-bond donors (Lipinski definition) is 1. The summed E-state index contributed by atoms with van der Waals surface area (Å²) in [4.78, 5) is 42.2. The molecule has 8 nitrogen and oxygen atoms in total. The second-order valence-corrected chi connectivity index (χ2v) is 17.5. The number of carbonyl (C=O) groups is 2. The number of aliphatic hydroxyl groups is 1. The molecule has 1 fully saturated rings. The molecule has 306 valence electrons. The molecule has 4 aliphatic rings. The van der Waals surface area contributed by atoms with Crippen molar-refractivity contribution in [3.63, 3.8) is 0 Å². The van der Waals surface area contributed by atoms with Crippen molar-refractivity contribution in [2.75, 3.05) is 0 Å². The highest BCUT2D eigenvalue weighted by molar-refractivity contribution is 5.90. The van der Waals surface area contributed by atoms with Crippen LogP contribution in [0.5, 0.6) is 5.75 Å². The van der Waals surface area contributed by atoms with Gasteiger partial charge in [-0.1, -0.05) is 90.2 Å². The fraction of sp³-hybridized carbons (Fsp3) is 0.365. The van der Waals surface area contributed by atoms with Gasteiger partial charge in [-0.05, 0) is 128 Å². The summed E-state index contributed by atoms with van der Waals surface area (Å²) < 4.78 is 25.8. The van der Waals surface area contributed by atoms with Crippen LogP contribution in [0.1, 0.15) is 122 Å². The Kier molecular flexibility index (Phi) is 10.7. The van der Waals surface area contributed by atoms with Crippen LogP contribution in [0.2, 0.25) is 0 Å². The Labute approximate surface area is 350 Å². The van der Waals surface area contributed by atoms with Crippen molar-refractivity contribution >= 4 is 22.9 Å². The van der Waals surface area contributed by atoms with Crippen molar-refractivity contribution < 1.29 is 33.3 Å². The second-order valence-electron chi connectivity index (χ2n) is 17.5. The minimum Gasteiger partial charge on any atom is -0.482 e. The maximum atomic E-state index is 14.8. The Morgan fingerprint density at radius 3 is 2.52 bits per heavy atom. The number of rotatable bonds is 4. The van der Waals surface area contributed by atoms with Gasteiger partial charge >= 0.3 is 17.6 Å². The molecule has 1 aromatic heterocycles. The van der Waals surface area contributed by atoms with E-state index in [2.05, 4.69) is 78.6 Å². The first kappa shape index (κ1) is 39.5. The van der Waals surface area contributed by atoms with Gasteiger partial charge in [0.1, 0.15) is 11.3 Å². The molecule has 0 saturated heterocycles. The van der Waals surface area contributed by atoms with Crippen LogP contribution < -0.4 is 10.4 Å². The highest BCUT2D eigenvalue weighted by Gasteiger charge is 2.53. The Morgan fingerprint density at radius 1 is 0.867 bits per heavy atom. The van der Waals surface area contributed by atoms with E-state index in [0.29, 0.717) is 41.5 Å². The van der Waals surface area contributed by atoms with Crippen molar-refractivity contribution in [3.8, 4) is 17.6 Å². The molecule has 4 heterocycles. The summed E-state index contributed by atoms with van der Waals surface area (Å²) in [5.41, 5.74) is 7.45. The van der Waals surface area contributed by atoms with E-state index >= 15 is 0 Å². The predicted octanol–water partition coefficient (Wildman–Crippen LogP) is 9.51. The molecule has 4 aromatic carbocycles. The van der Waals surface area contributed by atoms with Crippen LogP contribution in [-0.4, -0.2) is 28.8 Å². The summed E-state index contributed by atoms with van der Waals surface area (Å²) in [5, 5.41) is 10.7. The van der Waals surface area contributed by atoms with E-state index in [4.69, 9.17) is 18.6 Å². The second kappa shape index (κ2) is 16.3. The molecule has 60 heavy (non-hydrogen) atoms. The van der Waals surface area contributed by atoms with Gasteiger partial charge in [-0.2, -0.15) is 0 Å². The average Bonchev–Trinajstić information content (AvgIpc) is 3.23. The molecule has 1 N–H and O–H groups in total. The van der Waals surface area contributed by atoms with Gasteiger partial charge in [0.05, 0.1) is 18.6 Å². The lowest BCUT2D eigenvalue weighted by Gasteiger charge is -2.45. The van der Waals surface area contributed by atoms with Crippen molar-refractivity contribution in [1.29, 1.82) is 0 Å². The third-order valence-corrected chi connectivity index (χ3v) is 13.2. The van der Waals surface area contributed by atoms with Gasteiger partial charge in [0.15, 0.2) is 17.8 Å². The summed E-state index contributed by atoms with van der Waals surface area (Å²) in [6, 6.07) is 30.7. The SMILES string of the molecule is CC(C)=C1CCc2ccc3c(c2)CC#CC[C@]2(C)Oc4ccc5c(CO)cc(=O)oc5c4[C@@H](OC(=O)C[C@@H]4C[C@@H](c5cccc(Cc6ccccc6)c5)CC[C@H]34)[C@@H]2OC1=O. The normalized spacial score (nSPS) is 25.0. The molecule has 0 radical (unpaired) electrons. The summed E-state index contributed by atoms with van der Waals surface area (Å²) >= 11 is 0. The van der Waals surface area contributed by atoms with Gasteiger partial charge < -0.3 is 23.7 Å². The maximum Gasteiger partial charge on any atom is 0.336 e. The Morgan fingerprint density at radius 2 is 1.70 bits per heavy atom. The largest absolute Gasteiger partial charge is 0.482 e. The molecule has 5 bridgehead atoms. The summed E-state index contributed by atoms with van der Waals surface area (Å²) in [6.07, 6.45) is 3.00. The van der Waals surface area contributed by atoms with Gasteiger partial charge in [-0.25, -0.2) is 9.59 Å². The molecule has 0 spiro atoms. The van der Waals surface area contributed by atoms with E-state index in [-0.39, 0.29) is 41.7 Å². The van der Waals surface area contributed by atoms with Gasteiger partial charge in [0.2, 0.25) is 0 Å². The Bertz CT molecular complexity index is 2640. The number of esters is 2. The maximum absolute atomic E-state index is 14.8. The molecule has 8 heteroatoms. The third kappa shape index (κ3) is 7.68. The minimum absolute atomic E-state index is 0.0714. The van der Waals surface area contributed by atoms with Crippen LogP contribution in [0.3, 0.4) is 0 Å². The minimum atomic E-state index is -1.27. The van der Waals surface area contributed by atoms with Gasteiger partial charge in [0, 0.05) is 29.9 Å². The van der Waals surface area contributed by atoms with E-state index in [0.717, 1.165) is 42.4 Å². The quantitative estimate of drug-likeness (QED) is 0.0828. The van der Waals surface area contributed by atoms with Gasteiger partial charge in [0.25, 0.3) is 0 Å². The van der Waals surface area contributed by atoms with Crippen molar-refractivity contribution in [2.45, 2.75) is 115 Å². The molecule has 1 aliphatic carbocycles. The van der Waals surface area contributed by atoms with E-state index in [1.54, 1.807) is 12.1 Å². The van der Waals surface area contributed by atoms with E-state index < -0.39 is 42.0 Å². The zero-order chi connectivity index (χ0) is 41.5. The summed E-state index contributed by atoms with van der Waals surface area (Å²) in [7, 11) is 0. The monoisotopic (exact) mass is 802 g/mol. The van der Waals surface area contributed by atoms with Gasteiger partial charge in [-0.15, -0.1) is 0 Å². The van der Waals surface area contributed by atoms with E-state index in [1.165, 1.54) is 28.3 Å². The first-order valence-electron chi connectivity index (χ1n) is 21.2. The van der Waals surface area contributed by atoms with E-state index in [1.807, 2.05) is 26.8 Å². The van der Waals surface area contributed by atoms with Crippen LogP contribution in [-0.2, 0) is 44.9 Å². The number of aliphatic hydroxyl groups excluding tert-OH is 1. The van der Waals surface area contributed by atoms with Crippen LogP contribution in [0, 0.1) is 17.8 Å². The first-order valence-corrected chi connectivity index (χ1v) is 21.2.